The molecule has 0 unspecified atom stereocenters. The van der Waals surface area contributed by atoms with Crippen LogP contribution in [0, 0.1) is 11.3 Å². The molecule has 3 aromatic carbocycles. The highest BCUT2D eigenvalue weighted by molar-refractivity contribution is 6.30. The van der Waals surface area contributed by atoms with E-state index in [0.29, 0.717) is 39.7 Å². The zero-order valence-corrected chi connectivity index (χ0v) is 17.8. The molecule has 0 saturated carbocycles. The van der Waals surface area contributed by atoms with E-state index in [2.05, 4.69) is 6.07 Å². The van der Waals surface area contributed by atoms with Gasteiger partial charge in [0.2, 0.25) is 0 Å². The number of hydrogen-bond acceptors (Lipinski definition) is 3. The van der Waals surface area contributed by atoms with Crippen LogP contribution in [0.4, 0.5) is 0 Å². The van der Waals surface area contributed by atoms with Gasteiger partial charge in [-0.2, -0.15) is 5.26 Å². The highest BCUT2D eigenvalue weighted by atomic mass is 35.5. The first-order chi connectivity index (χ1) is 15.1. The van der Waals surface area contributed by atoms with Crippen molar-refractivity contribution >= 4 is 23.1 Å². The predicted octanol–water partition coefficient (Wildman–Crippen LogP) is 6.94. The molecule has 0 fully saturated rings. The van der Waals surface area contributed by atoms with Gasteiger partial charge in [0, 0.05) is 34.1 Å². The first-order valence-corrected chi connectivity index (χ1v) is 10.4. The quantitative estimate of drug-likeness (QED) is 0.336. The first kappa shape index (κ1) is 20.7. The fourth-order valence-electron chi connectivity index (χ4n) is 3.74. The Hall–Kier alpha value is -3.61. The molecule has 4 heteroatoms. The van der Waals surface area contributed by atoms with Crippen LogP contribution in [0.15, 0.2) is 102 Å². The Bertz CT molecular complexity index is 1200. The van der Waals surface area contributed by atoms with Crippen LogP contribution in [-0.2, 0) is 4.74 Å². The third-order valence-corrected chi connectivity index (χ3v) is 5.68. The van der Waals surface area contributed by atoms with Gasteiger partial charge in [0.05, 0.1) is 11.6 Å². The fraction of sp³-hybridized carbons (Fsp3) is 0.111. The van der Waals surface area contributed by atoms with E-state index in [9.17, 15) is 10.1 Å². The molecule has 0 amide bonds. The molecule has 1 aliphatic rings. The number of benzene rings is 3. The number of nitrogens with zero attached hydrogens (tertiary/aromatic N) is 1. The Labute approximate surface area is 186 Å². The van der Waals surface area contributed by atoms with E-state index in [0.717, 1.165) is 11.1 Å². The van der Waals surface area contributed by atoms with Gasteiger partial charge in [0.25, 0.3) is 0 Å². The minimum absolute atomic E-state index is 0.0849. The Morgan fingerprint density at radius 3 is 2.19 bits per heavy atom. The van der Waals surface area contributed by atoms with Gasteiger partial charge in [-0.05, 0) is 24.6 Å². The number of carbonyl (C=O) groups excluding carboxylic acids is 1. The first-order valence-electron chi connectivity index (χ1n) is 10.0. The maximum atomic E-state index is 13.1. The maximum absolute atomic E-state index is 13.1. The number of Topliss-reactive ketones (excluding diaryl/α,β-unsaturated/α-hetero) is 1. The van der Waals surface area contributed by atoms with Gasteiger partial charge < -0.3 is 4.74 Å². The number of rotatable bonds is 4. The van der Waals surface area contributed by atoms with Crippen LogP contribution in [0.5, 0.6) is 0 Å². The third kappa shape index (κ3) is 4.30. The Balaban J connectivity index is 1.85. The molecule has 0 spiro atoms. The second kappa shape index (κ2) is 9.04. The summed E-state index contributed by atoms with van der Waals surface area (Å²) >= 11 is 6.08. The molecule has 0 radical (unpaired) electrons. The van der Waals surface area contributed by atoms with Crippen LogP contribution in [-0.4, -0.2) is 5.78 Å². The van der Waals surface area contributed by atoms with Crippen LogP contribution in [0.1, 0.15) is 40.7 Å². The summed E-state index contributed by atoms with van der Waals surface area (Å²) in [6, 6.07) is 28.5. The smallest absolute Gasteiger partial charge is 0.192 e. The topological polar surface area (TPSA) is 50.1 Å². The zero-order chi connectivity index (χ0) is 21.8. The predicted molar refractivity (Wildman–Crippen MR) is 122 cm³/mol. The Morgan fingerprint density at radius 2 is 1.58 bits per heavy atom. The van der Waals surface area contributed by atoms with Crippen LogP contribution in [0.3, 0.4) is 0 Å². The molecule has 3 nitrogen and oxygen atoms in total. The molecule has 0 saturated heterocycles. The molecule has 0 N–H and O–H groups in total. The highest BCUT2D eigenvalue weighted by Gasteiger charge is 2.32. The summed E-state index contributed by atoms with van der Waals surface area (Å²) in [5.74, 6) is 0.745. The lowest BCUT2D eigenvalue weighted by Crippen LogP contribution is -2.17. The monoisotopic (exact) mass is 425 g/mol. The van der Waals surface area contributed by atoms with Gasteiger partial charge in [-0.3, -0.25) is 4.79 Å². The van der Waals surface area contributed by atoms with Crippen LogP contribution >= 0.6 is 11.6 Å². The standard InChI is InChI=1S/C27H20ClNO2/c1-18(26(30)20-8-4-2-5-9-20)25-16-23(19-12-14-22(28)15-13-19)24(17-29)27(31-25)21-10-6-3-7-11-21/h2-15,23H,16H2,1H3/b25-18+/t23-/m1/s1. The van der Waals surface area contributed by atoms with Crippen molar-refractivity contribution in [3.8, 4) is 6.07 Å². The summed E-state index contributed by atoms with van der Waals surface area (Å²) in [6.45, 7) is 1.78. The van der Waals surface area contributed by atoms with Gasteiger partial charge in [-0.1, -0.05) is 84.4 Å². The lowest BCUT2D eigenvalue weighted by atomic mass is 9.83. The fourth-order valence-corrected chi connectivity index (χ4v) is 3.87. The largest absolute Gasteiger partial charge is 0.460 e. The van der Waals surface area contributed by atoms with Gasteiger partial charge >= 0.3 is 0 Å². The molecule has 0 aliphatic carbocycles. The summed E-state index contributed by atoms with van der Waals surface area (Å²) in [7, 11) is 0. The molecule has 1 atom stereocenters. The maximum Gasteiger partial charge on any atom is 0.192 e. The van der Waals surface area contributed by atoms with Crippen molar-refractivity contribution in [1.82, 2.24) is 0 Å². The minimum Gasteiger partial charge on any atom is -0.460 e. The van der Waals surface area contributed by atoms with Crippen molar-refractivity contribution in [3.63, 3.8) is 0 Å². The van der Waals surface area contributed by atoms with Gasteiger partial charge in [-0.25, -0.2) is 0 Å². The van der Waals surface area contributed by atoms with E-state index < -0.39 is 0 Å². The SMILES string of the molecule is C/C(C(=O)c1ccccc1)=C1/C[C@H](c2ccc(Cl)cc2)C(C#N)=C(c2ccccc2)O1. The molecule has 31 heavy (non-hydrogen) atoms. The molecule has 0 bridgehead atoms. The van der Waals surface area contributed by atoms with Crippen LogP contribution < -0.4 is 0 Å². The second-order valence-corrected chi connectivity index (χ2v) is 7.81. The number of hydrogen-bond donors (Lipinski definition) is 0. The molecule has 152 valence electrons. The molecule has 0 aromatic heterocycles. The average molecular weight is 426 g/mol. The van der Waals surface area contributed by atoms with E-state index in [1.165, 1.54) is 0 Å². The van der Waals surface area contributed by atoms with Crippen LogP contribution in [0.2, 0.25) is 5.02 Å². The van der Waals surface area contributed by atoms with Crippen molar-refractivity contribution in [3.05, 3.63) is 124 Å². The summed E-state index contributed by atoms with van der Waals surface area (Å²) in [5.41, 5.74) is 3.44. The summed E-state index contributed by atoms with van der Waals surface area (Å²) < 4.78 is 6.25. The lowest BCUT2D eigenvalue weighted by molar-refractivity contribution is 0.102. The normalized spacial score (nSPS) is 17.5. The Kier molecular flexibility index (Phi) is 6.02. The third-order valence-electron chi connectivity index (χ3n) is 5.43. The molecule has 1 aliphatic heterocycles. The Morgan fingerprint density at radius 1 is 0.968 bits per heavy atom. The number of nitriles is 1. The van der Waals surface area contributed by atoms with Crippen molar-refractivity contribution in [1.29, 1.82) is 5.26 Å². The summed E-state index contributed by atoms with van der Waals surface area (Å²) in [6.07, 6.45) is 0.422. The number of carbonyl (C=O) groups is 1. The van der Waals surface area contributed by atoms with E-state index in [1.807, 2.05) is 72.8 Å². The zero-order valence-electron chi connectivity index (χ0n) is 17.0. The lowest BCUT2D eigenvalue weighted by Gasteiger charge is -2.29. The van der Waals surface area contributed by atoms with Gasteiger partial charge in [0.15, 0.2) is 5.78 Å². The van der Waals surface area contributed by atoms with Crippen molar-refractivity contribution in [2.75, 3.05) is 0 Å². The average Bonchev–Trinajstić information content (AvgIpc) is 2.84. The van der Waals surface area contributed by atoms with Gasteiger partial charge in [-0.15, -0.1) is 0 Å². The van der Waals surface area contributed by atoms with E-state index >= 15 is 0 Å². The van der Waals surface area contributed by atoms with Crippen LogP contribution in [0.25, 0.3) is 5.76 Å². The number of halogens is 1. The summed E-state index contributed by atoms with van der Waals surface area (Å²) in [4.78, 5) is 13.1. The van der Waals surface area contributed by atoms with E-state index in [-0.39, 0.29) is 11.7 Å². The molecule has 1 heterocycles. The molecular formula is C27H20ClNO2. The minimum atomic E-state index is -0.236. The molecule has 4 rings (SSSR count). The molecule has 3 aromatic rings. The van der Waals surface area contributed by atoms with Crippen molar-refractivity contribution in [2.45, 2.75) is 19.3 Å². The highest BCUT2D eigenvalue weighted by Crippen LogP contribution is 2.43. The van der Waals surface area contributed by atoms with E-state index in [1.54, 1.807) is 19.1 Å². The van der Waals surface area contributed by atoms with E-state index in [4.69, 9.17) is 16.3 Å². The number of ether oxygens (including phenoxy) is 1. The summed E-state index contributed by atoms with van der Waals surface area (Å²) in [5, 5.41) is 10.7. The van der Waals surface area contributed by atoms with Crippen molar-refractivity contribution in [2.24, 2.45) is 0 Å². The number of allylic oxidation sites excluding steroid dienone is 3. The second-order valence-electron chi connectivity index (χ2n) is 7.37. The molecular weight excluding hydrogens is 406 g/mol. The van der Waals surface area contributed by atoms with Crippen molar-refractivity contribution < 1.29 is 9.53 Å². The number of ketones is 1. The van der Waals surface area contributed by atoms with Gasteiger partial charge in [0.1, 0.15) is 11.5 Å².